The Kier molecular flexibility index (Phi) is 7.58. The van der Waals surface area contributed by atoms with E-state index in [1.807, 2.05) is 14.1 Å². The summed E-state index contributed by atoms with van der Waals surface area (Å²) >= 11 is 12.2. The Balaban J connectivity index is 0.000000423. The average Bonchev–Trinajstić information content (AvgIpc) is 2.96. The molecule has 3 aromatic rings. The molecule has 0 aliphatic rings. The van der Waals surface area contributed by atoms with Crippen LogP contribution in [0.4, 0.5) is 13.2 Å². The van der Waals surface area contributed by atoms with E-state index in [0.29, 0.717) is 33.7 Å². The fraction of sp³-hybridized carbons (Fsp3) is 0.278. The molecule has 0 aliphatic heterocycles. The third kappa shape index (κ3) is 5.90. The van der Waals surface area contributed by atoms with Crippen molar-refractivity contribution < 1.29 is 32.8 Å². The Morgan fingerprint density at radius 1 is 1.19 bits per heavy atom. The molecule has 0 aliphatic carbocycles. The minimum Gasteiger partial charge on any atom is -0.542 e. The lowest BCUT2D eigenvalue weighted by Gasteiger charge is -2.09. The van der Waals surface area contributed by atoms with E-state index < -0.39 is 12.1 Å². The number of aromatic nitrogens is 2. The normalized spacial score (nSPS) is 11.5. The predicted octanol–water partition coefficient (Wildman–Crippen LogP) is 0.261. The summed E-state index contributed by atoms with van der Waals surface area (Å²) in [7, 11) is 4.04. The Morgan fingerprint density at radius 3 is 2.35 bits per heavy atom. The van der Waals surface area contributed by atoms with Gasteiger partial charge in [-0.1, -0.05) is 23.2 Å². The number of H-pyrrole nitrogens is 1. The summed E-state index contributed by atoms with van der Waals surface area (Å²) < 4.78 is 33.1. The molecule has 31 heavy (non-hydrogen) atoms. The Morgan fingerprint density at radius 2 is 1.81 bits per heavy atom. The minimum atomic E-state index is -5.19. The van der Waals surface area contributed by atoms with Gasteiger partial charge in [0, 0.05) is 5.56 Å². The van der Waals surface area contributed by atoms with Gasteiger partial charge in [0.25, 0.3) is 11.5 Å². The van der Waals surface area contributed by atoms with Gasteiger partial charge in [-0.25, -0.2) is 0 Å². The fourth-order valence-electron chi connectivity index (χ4n) is 2.55. The number of rotatable bonds is 4. The van der Waals surface area contributed by atoms with Crippen LogP contribution in [-0.4, -0.2) is 54.6 Å². The number of quaternary nitrogens is 1. The standard InChI is InChI=1S/C16H16Cl2N4O2.C2HF3O2/c1-21(2)6-5-19-15(23)9-3-4-12-11(7-9)20-16(24)13-8-10(17)14(18)22(12)13;3-2(4,5)1(6)7/h3-4,7-8H,5-6H2,1-2H3,(H,19,23)(H,20,24);(H,6,7). The maximum atomic E-state index is 12.2. The SMILES string of the molecule is C[NH+](C)CCNC(=O)c1ccc2c(c1)[nH]c(=O)c1cc(Cl)c(Cl)n12.O=C([O-])C(F)(F)F. The lowest BCUT2D eigenvalue weighted by Crippen LogP contribution is -3.06. The maximum Gasteiger partial charge on any atom is 0.430 e. The van der Waals surface area contributed by atoms with Crippen LogP contribution < -0.4 is 20.9 Å². The number of likely N-dealkylation sites (N-methyl/N-ethyl adjacent to an activating group) is 1. The summed E-state index contributed by atoms with van der Waals surface area (Å²) in [5, 5.41) is 12.2. The van der Waals surface area contributed by atoms with Crippen LogP contribution in [0, 0.1) is 0 Å². The van der Waals surface area contributed by atoms with E-state index in [1.54, 1.807) is 22.6 Å². The van der Waals surface area contributed by atoms with Gasteiger partial charge in [-0.3, -0.25) is 14.0 Å². The smallest absolute Gasteiger partial charge is 0.430 e. The quantitative estimate of drug-likeness (QED) is 0.497. The largest absolute Gasteiger partial charge is 0.542 e. The second-order valence-corrected chi connectivity index (χ2v) is 7.45. The molecule has 0 radical (unpaired) electrons. The van der Waals surface area contributed by atoms with Crippen molar-refractivity contribution >= 4 is 51.6 Å². The summed E-state index contributed by atoms with van der Waals surface area (Å²) in [6.07, 6.45) is -5.19. The molecular weight excluding hydrogens is 464 g/mol. The molecule has 0 unspecified atom stereocenters. The molecule has 13 heteroatoms. The third-order valence-corrected chi connectivity index (χ3v) is 4.78. The Bertz CT molecular complexity index is 1190. The molecule has 8 nitrogen and oxygen atoms in total. The predicted molar refractivity (Wildman–Crippen MR) is 107 cm³/mol. The van der Waals surface area contributed by atoms with Crippen molar-refractivity contribution in [2.75, 3.05) is 27.2 Å². The van der Waals surface area contributed by atoms with Crippen molar-refractivity contribution in [3.8, 4) is 0 Å². The molecule has 2 aromatic heterocycles. The molecule has 3 N–H and O–H groups in total. The van der Waals surface area contributed by atoms with Gasteiger partial charge in [-0.05, 0) is 24.3 Å². The molecule has 0 saturated carbocycles. The number of benzene rings is 1. The number of nitrogens with one attached hydrogen (secondary N) is 3. The van der Waals surface area contributed by atoms with Crippen molar-refractivity contribution in [2.24, 2.45) is 0 Å². The number of carboxylic acid groups (broad SMARTS) is 1. The van der Waals surface area contributed by atoms with Crippen LogP contribution in [0.3, 0.4) is 0 Å². The molecule has 0 fully saturated rings. The number of aromatic amines is 1. The van der Waals surface area contributed by atoms with Gasteiger partial charge in [-0.15, -0.1) is 0 Å². The molecule has 0 atom stereocenters. The van der Waals surface area contributed by atoms with Gasteiger partial charge in [0.1, 0.15) is 16.6 Å². The highest BCUT2D eigenvalue weighted by Gasteiger charge is 2.28. The van der Waals surface area contributed by atoms with Gasteiger partial charge in [0.2, 0.25) is 0 Å². The van der Waals surface area contributed by atoms with Crippen LogP contribution in [0.5, 0.6) is 0 Å². The lowest BCUT2D eigenvalue weighted by atomic mass is 10.1. The average molecular weight is 481 g/mol. The second kappa shape index (κ2) is 9.58. The summed E-state index contributed by atoms with van der Waals surface area (Å²) in [5.74, 6) is -3.19. The van der Waals surface area contributed by atoms with E-state index in [1.165, 1.54) is 11.0 Å². The van der Waals surface area contributed by atoms with Crippen LogP contribution in [-0.2, 0) is 4.79 Å². The number of hydrogen-bond donors (Lipinski definition) is 3. The number of nitrogens with zero attached hydrogens (tertiary/aromatic N) is 1. The molecule has 2 heterocycles. The van der Waals surface area contributed by atoms with Gasteiger partial charge in [0.15, 0.2) is 0 Å². The molecule has 0 spiro atoms. The topological polar surface area (TPSA) is 111 Å². The Labute approximate surface area is 183 Å². The summed E-state index contributed by atoms with van der Waals surface area (Å²) in [6, 6.07) is 6.60. The monoisotopic (exact) mass is 480 g/mol. The molecule has 1 aromatic carbocycles. The fourth-order valence-corrected chi connectivity index (χ4v) is 2.97. The first-order chi connectivity index (χ1) is 14.3. The van der Waals surface area contributed by atoms with E-state index in [9.17, 15) is 22.8 Å². The number of alkyl halides is 3. The highest BCUT2D eigenvalue weighted by Crippen LogP contribution is 2.28. The van der Waals surface area contributed by atoms with Crippen molar-refractivity contribution in [3.63, 3.8) is 0 Å². The molecule has 0 saturated heterocycles. The highest BCUT2D eigenvalue weighted by molar-refractivity contribution is 6.42. The van der Waals surface area contributed by atoms with Crippen molar-refractivity contribution in [1.29, 1.82) is 0 Å². The zero-order valence-electron chi connectivity index (χ0n) is 16.2. The van der Waals surface area contributed by atoms with E-state index >= 15 is 0 Å². The van der Waals surface area contributed by atoms with E-state index in [2.05, 4.69) is 10.3 Å². The second-order valence-electron chi connectivity index (χ2n) is 6.69. The molecular formula is C18H17Cl2F3N4O4. The molecule has 0 bridgehead atoms. The molecule has 168 valence electrons. The van der Waals surface area contributed by atoms with Crippen molar-refractivity contribution in [3.05, 3.63) is 50.4 Å². The van der Waals surface area contributed by atoms with Gasteiger partial charge < -0.3 is 25.1 Å². The van der Waals surface area contributed by atoms with Crippen LogP contribution >= 0.6 is 23.2 Å². The van der Waals surface area contributed by atoms with Crippen LogP contribution in [0.1, 0.15) is 10.4 Å². The van der Waals surface area contributed by atoms with Gasteiger partial charge >= 0.3 is 6.18 Å². The third-order valence-electron chi connectivity index (χ3n) is 4.02. The number of carbonyl (C=O) groups excluding carboxylic acids is 2. The minimum absolute atomic E-state index is 0.185. The van der Waals surface area contributed by atoms with Crippen LogP contribution in [0.2, 0.25) is 10.2 Å². The maximum absolute atomic E-state index is 12.2. The number of fused-ring (bicyclic) bond motifs is 3. The first kappa shape index (κ1) is 24.5. The summed E-state index contributed by atoms with van der Waals surface area (Å²) in [6.45, 7) is 1.40. The number of carbonyl (C=O) groups is 2. The lowest BCUT2D eigenvalue weighted by molar-refractivity contribution is -0.856. The number of hydrogen-bond acceptors (Lipinski definition) is 4. The van der Waals surface area contributed by atoms with Crippen molar-refractivity contribution in [2.45, 2.75) is 6.18 Å². The molecule has 1 amide bonds. The van der Waals surface area contributed by atoms with Crippen LogP contribution in [0.15, 0.2) is 29.1 Å². The van der Waals surface area contributed by atoms with Crippen LogP contribution in [0.25, 0.3) is 16.6 Å². The van der Waals surface area contributed by atoms with E-state index in [-0.39, 0.29) is 16.6 Å². The zero-order valence-corrected chi connectivity index (χ0v) is 17.7. The first-order valence-corrected chi connectivity index (χ1v) is 9.46. The number of aliphatic carboxylic acids is 1. The van der Waals surface area contributed by atoms with Crippen molar-refractivity contribution in [1.82, 2.24) is 14.7 Å². The van der Waals surface area contributed by atoms with E-state index in [4.69, 9.17) is 33.1 Å². The number of halogens is 5. The summed E-state index contributed by atoms with van der Waals surface area (Å²) in [4.78, 5) is 37.2. The zero-order chi connectivity index (χ0) is 23.5. The van der Waals surface area contributed by atoms with Gasteiger partial charge in [0.05, 0.1) is 43.2 Å². The van der Waals surface area contributed by atoms with Gasteiger partial charge in [-0.2, -0.15) is 13.2 Å². The number of amides is 1. The highest BCUT2D eigenvalue weighted by atomic mass is 35.5. The number of carboxylic acids is 1. The first-order valence-electron chi connectivity index (χ1n) is 8.70. The van der Waals surface area contributed by atoms with E-state index in [0.717, 1.165) is 6.54 Å². The summed E-state index contributed by atoms with van der Waals surface area (Å²) in [5.41, 5.74) is 1.72. The Hall–Kier alpha value is -2.76. The molecule has 3 rings (SSSR count).